The summed E-state index contributed by atoms with van der Waals surface area (Å²) < 4.78 is 4.70. The Balaban J connectivity index is 1.89. The first-order valence-electron chi connectivity index (χ1n) is 7.40. The third-order valence-corrected chi connectivity index (χ3v) is 4.10. The molecule has 0 aromatic carbocycles. The van der Waals surface area contributed by atoms with E-state index in [0.29, 0.717) is 23.1 Å². The summed E-state index contributed by atoms with van der Waals surface area (Å²) in [6.45, 7) is 1.67. The molecular weight excluding hydrogens is 268 g/mol. The van der Waals surface area contributed by atoms with E-state index < -0.39 is 5.97 Å². The number of nitrogen functional groups attached to an aromatic ring is 1. The first-order valence-corrected chi connectivity index (χ1v) is 7.40. The number of carbonyl (C=O) groups is 1. The molecule has 6 nitrogen and oxygen atoms in total. The quantitative estimate of drug-likeness (QED) is 0.777. The van der Waals surface area contributed by atoms with Crippen molar-refractivity contribution in [2.75, 3.05) is 38.3 Å². The second-order valence-corrected chi connectivity index (χ2v) is 5.46. The first kappa shape index (κ1) is 15.6. The van der Waals surface area contributed by atoms with Gasteiger partial charge in [-0.2, -0.15) is 0 Å². The molecule has 116 valence electrons. The van der Waals surface area contributed by atoms with Crippen LogP contribution in [0.15, 0.2) is 12.3 Å². The Morgan fingerprint density at radius 2 is 2.24 bits per heavy atom. The van der Waals surface area contributed by atoms with Gasteiger partial charge in [-0.1, -0.05) is 12.8 Å². The number of nitrogens with two attached hydrogens (primary N) is 1. The van der Waals surface area contributed by atoms with Gasteiger partial charge < -0.3 is 20.7 Å². The van der Waals surface area contributed by atoms with Gasteiger partial charge in [-0.15, -0.1) is 0 Å². The van der Waals surface area contributed by atoms with Crippen molar-refractivity contribution in [3.63, 3.8) is 0 Å². The first-order chi connectivity index (χ1) is 10.1. The Morgan fingerprint density at radius 1 is 1.52 bits per heavy atom. The standard InChI is InChI=1S/C15H24N4O2/c1-19(11-5-3-4-6-11)10-9-18-14-13(16)12(7-8-17-14)15(20)21-2/h7-8,11H,3-6,9-10,16H2,1-2H3,(H,17,18). The Hall–Kier alpha value is -1.82. The topological polar surface area (TPSA) is 80.5 Å². The molecule has 0 aliphatic heterocycles. The SMILES string of the molecule is COC(=O)c1ccnc(NCCN(C)C2CCCC2)c1N. The highest BCUT2D eigenvalue weighted by Gasteiger charge is 2.19. The predicted molar refractivity (Wildman–Crippen MR) is 83.4 cm³/mol. The number of hydrogen-bond donors (Lipinski definition) is 2. The van der Waals surface area contributed by atoms with Crippen LogP contribution in [-0.4, -0.2) is 49.1 Å². The Kier molecular flexibility index (Phi) is 5.38. The summed E-state index contributed by atoms with van der Waals surface area (Å²) in [4.78, 5) is 18.1. The zero-order valence-corrected chi connectivity index (χ0v) is 12.8. The van der Waals surface area contributed by atoms with Crippen LogP contribution in [0.2, 0.25) is 0 Å². The molecule has 1 aliphatic carbocycles. The van der Waals surface area contributed by atoms with E-state index >= 15 is 0 Å². The lowest BCUT2D eigenvalue weighted by Crippen LogP contribution is -2.33. The van der Waals surface area contributed by atoms with Crippen molar-refractivity contribution in [3.05, 3.63) is 17.8 Å². The van der Waals surface area contributed by atoms with E-state index in [1.54, 1.807) is 12.3 Å². The molecule has 2 rings (SSSR count). The highest BCUT2D eigenvalue weighted by molar-refractivity contribution is 5.97. The third kappa shape index (κ3) is 3.85. The molecule has 1 fully saturated rings. The van der Waals surface area contributed by atoms with E-state index in [-0.39, 0.29) is 0 Å². The number of anilines is 2. The number of ether oxygens (including phenoxy) is 1. The van der Waals surface area contributed by atoms with Gasteiger partial charge in [0.15, 0.2) is 0 Å². The minimum Gasteiger partial charge on any atom is -0.465 e. The molecule has 0 spiro atoms. The predicted octanol–water partition coefficient (Wildman–Crippen LogP) is 1.74. The van der Waals surface area contributed by atoms with Gasteiger partial charge in [-0.3, -0.25) is 0 Å². The van der Waals surface area contributed by atoms with Gasteiger partial charge in [0.05, 0.1) is 18.4 Å². The van der Waals surface area contributed by atoms with Crippen LogP contribution in [0.1, 0.15) is 36.0 Å². The summed E-state index contributed by atoms with van der Waals surface area (Å²) >= 11 is 0. The summed E-state index contributed by atoms with van der Waals surface area (Å²) in [5.41, 5.74) is 6.65. The van der Waals surface area contributed by atoms with Gasteiger partial charge in [0, 0.05) is 25.3 Å². The average Bonchev–Trinajstić information content (AvgIpc) is 3.02. The average molecular weight is 292 g/mol. The highest BCUT2D eigenvalue weighted by atomic mass is 16.5. The van der Waals surface area contributed by atoms with Crippen LogP contribution in [0.3, 0.4) is 0 Å². The number of nitrogens with zero attached hydrogens (tertiary/aromatic N) is 2. The van der Waals surface area contributed by atoms with Crippen molar-refractivity contribution >= 4 is 17.5 Å². The van der Waals surface area contributed by atoms with Crippen LogP contribution < -0.4 is 11.1 Å². The highest BCUT2D eigenvalue weighted by Crippen LogP contribution is 2.23. The second kappa shape index (κ2) is 7.26. The number of carbonyl (C=O) groups excluding carboxylic acids is 1. The molecule has 21 heavy (non-hydrogen) atoms. The zero-order chi connectivity index (χ0) is 15.2. The molecule has 1 aromatic rings. The fourth-order valence-corrected chi connectivity index (χ4v) is 2.78. The van der Waals surface area contributed by atoms with Crippen molar-refractivity contribution in [2.24, 2.45) is 0 Å². The van der Waals surface area contributed by atoms with Crippen LogP contribution in [0, 0.1) is 0 Å². The number of esters is 1. The number of nitrogens with one attached hydrogen (secondary N) is 1. The monoisotopic (exact) mass is 292 g/mol. The second-order valence-electron chi connectivity index (χ2n) is 5.46. The van der Waals surface area contributed by atoms with Crippen molar-refractivity contribution in [3.8, 4) is 0 Å². The molecule has 0 unspecified atom stereocenters. The summed E-state index contributed by atoms with van der Waals surface area (Å²) in [6, 6.07) is 2.26. The summed E-state index contributed by atoms with van der Waals surface area (Å²) in [7, 11) is 3.49. The van der Waals surface area contributed by atoms with Crippen molar-refractivity contribution in [2.45, 2.75) is 31.7 Å². The van der Waals surface area contributed by atoms with E-state index in [4.69, 9.17) is 10.5 Å². The van der Waals surface area contributed by atoms with Crippen molar-refractivity contribution in [1.82, 2.24) is 9.88 Å². The Bertz CT molecular complexity index is 487. The lowest BCUT2D eigenvalue weighted by molar-refractivity contribution is 0.0602. The van der Waals surface area contributed by atoms with Gasteiger partial charge in [0.25, 0.3) is 0 Å². The van der Waals surface area contributed by atoms with Crippen LogP contribution in [0.25, 0.3) is 0 Å². The van der Waals surface area contributed by atoms with Crippen LogP contribution in [0.4, 0.5) is 11.5 Å². The van der Waals surface area contributed by atoms with E-state index in [9.17, 15) is 4.79 Å². The number of rotatable bonds is 6. The maximum atomic E-state index is 11.6. The molecule has 0 bridgehead atoms. The minimum atomic E-state index is -0.443. The fraction of sp³-hybridized carbons (Fsp3) is 0.600. The van der Waals surface area contributed by atoms with E-state index in [0.717, 1.165) is 13.1 Å². The largest absolute Gasteiger partial charge is 0.465 e. The van der Waals surface area contributed by atoms with Gasteiger partial charge >= 0.3 is 5.97 Å². The minimum absolute atomic E-state index is 0.341. The van der Waals surface area contributed by atoms with Crippen LogP contribution in [-0.2, 0) is 4.74 Å². The normalized spacial score (nSPS) is 15.4. The zero-order valence-electron chi connectivity index (χ0n) is 12.8. The van der Waals surface area contributed by atoms with Gasteiger partial charge in [-0.05, 0) is 26.0 Å². The van der Waals surface area contributed by atoms with Crippen molar-refractivity contribution in [1.29, 1.82) is 0 Å². The van der Waals surface area contributed by atoms with Gasteiger partial charge in [-0.25, -0.2) is 9.78 Å². The van der Waals surface area contributed by atoms with Gasteiger partial charge in [0.2, 0.25) is 0 Å². The molecule has 1 saturated carbocycles. The summed E-state index contributed by atoms with van der Waals surface area (Å²) in [5.74, 6) is 0.0961. The molecule has 0 saturated heterocycles. The van der Waals surface area contributed by atoms with E-state index in [2.05, 4.69) is 22.2 Å². The lowest BCUT2D eigenvalue weighted by Gasteiger charge is -2.24. The van der Waals surface area contributed by atoms with E-state index in [1.807, 2.05) is 0 Å². The number of pyridine rings is 1. The van der Waals surface area contributed by atoms with E-state index in [1.165, 1.54) is 32.8 Å². The summed E-state index contributed by atoms with van der Waals surface area (Å²) in [5, 5.41) is 3.20. The Labute approximate surface area is 125 Å². The molecule has 0 atom stereocenters. The van der Waals surface area contributed by atoms with Crippen LogP contribution in [0.5, 0.6) is 0 Å². The molecule has 0 radical (unpaired) electrons. The fourth-order valence-electron chi connectivity index (χ4n) is 2.78. The van der Waals surface area contributed by atoms with Crippen molar-refractivity contribution < 1.29 is 9.53 Å². The molecule has 0 amide bonds. The molecule has 3 N–H and O–H groups in total. The maximum absolute atomic E-state index is 11.6. The van der Waals surface area contributed by atoms with Crippen LogP contribution >= 0.6 is 0 Å². The molecule has 6 heteroatoms. The molecular formula is C15H24N4O2. The summed E-state index contributed by atoms with van der Waals surface area (Å²) in [6.07, 6.45) is 6.80. The number of methoxy groups -OCH3 is 1. The molecule has 1 aliphatic rings. The smallest absolute Gasteiger partial charge is 0.340 e. The lowest BCUT2D eigenvalue weighted by atomic mass is 10.2. The molecule has 1 heterocycles. The van der Waals surface area contributed by atoms with Gasteiger partial charge in [0.1, 0.15) is 5.82 Å². The molecule has 1 aromatic heterocycles. The maximum Gasteiger partial charge on any atom is 0.340 e. The third-order valence-electron chi connectivity index (χ3n) is 4.10. The number of aromatic nitrogens is 1. The number of likely N-dealkylation sites (N-methyl/N-ethyl adjacent to an activating group) is 1. The number of hydrogen-bond acceptors (Lipinski definition) is 6. The Morgan fingerprint density at radius 3 is 2.90 bits per heavy atom.